The van der Waals surface area contributed by atoms with E-state index < -0.39 is 22.6 Å². The monoisotopic (exact) mass is 458 g/mol. The van der Waals surface area contributed by atoms with Crippen LogP contribution in [-0.4, -0.2) is 34.9 Å². The Morgan fingerprint density at radius 1 is 0.909 bits per heavy atom. The fraction of sp³-hybridized carbons (Fsp3) is 0.929. The van der Waals surface area contributed by atoms with Gasteiger partial charge in [0.25, 0.3) is 0 Å². The lowest BCUT2D eigenvalue weighted by Gasteiger charge is -2.59. The van der Waals surface area contributed by atoms with E-state index in [0.717, 1.165) is 62.7 Å². The van der Waals surface area contributed by atoms with E-state index in [9.17, 15) is 14.7 Å². The molecule has 0 saturated heterocycles. The van der Waals surface area contributed by atoms with E-state index in [1.165, 1.54) is 19.3 Å². The quantitative estimate of drug-likeness (QED) is 0.574. The Morgan fingerprint density at radius 2 is 1.58 bits per heavy atom. The molecule has 9 atom stereocenters. The van der Waals surface area contributed by atoms with Gasteiger partial charge < -0.3 is 14.6 Å². The molecule has 7 rings (SSSR count). The van der Waals surface area contributed by atoms with Gasteiger partial charge in [0, 0.05) is 6.42 Å². The summed E-state index contributed by atoms with van der Waals surface area (Å²) < 4.78 is 11.7. The first-order valence-electron chi connectivity index (χ1n) is 13.8. The maximum absolute atomic E-state index is 13.3. The van der Waals surface area contributed by atoms with Crippen LogP contribution >= 0.6 is 0 Å². The zero-order valence-electron chi connectivity index (χ0n) is 20.7. The van der Waals surface area contributed by atoms with E-state index in [0.29, 0.717) is 36.0 Å². The van der Waals surface area contributed by atoms with Crippen molar-refractivity contribution in [2.45, 2.75) is 103 Å². The molecule has 0 aliphatic heterocycles. The first kappa shape index (κ1) is 22.4. The number of fused-ring (bicyclic) bond motifs is 5. The topological polar surface area (TPSA) is 72.8 Å². The number of hydrogen-bond acceptors (Lipinski definition) is 5. The number of carbonyl (C=O) groups excluding carboxylic acids is 2. The molecule has 0 amide bonds. The molecule has 33 heavy (non-hydrogen) atoms. The van der Waals surface area contributed by atoms with Gasteiger partial charge in [0.1, 0.15) is 5.60 Å². The molecular weight excluding hydrogens is 416 g/mol. The van der Waals surface area contributed by atoms with Gasteiger partial charge in [-0.25, -0.2) is 4.79 Å². The summed E-state index contributed by atoms with van der Waals surface area (Å²) in [5.41, 5.74) is -1.67. The number of carbonyl (C=O) groups is 2. The lowest BCUT2D eigenvalue weighted by Crippen LogP contribution is -2.60. The van der Waals surface area contributed by atoms with Gasteiger partial charge in [-0.2, -0.15) is 0 Å². The van der Waals surface area contributed by atoms with Gasteiger partial charge in [-0.15, -0.1) is 0 Å². The molecule has 1 N–H and O–H groups in total. The lowest BCUT2D eigenvalue weighted by atomic mass is 9.52. The van der Waals surface area contributed by atoms with Crippen molar-refractivity contribution in [1.82, 2.24) is 0 Å². The maximum Gasteiger partial charge on any atom is 0.344 e. The number of hydrogen-bond donors (Lipinski definition) is 1. The van der Waals surface area contributed by atoms with Gasteiger partial charge in [-0.1, -0.05) is 26.7 Å². The molecule has 0 radical (unpaired) electrons. The van der Waals surface area contributed by atoms with Crippen LogP contribution in [-0.2, 0) is 19.1 Å². The van der Waals surface area contributed by atoms with Gasteiger partial charge in [-0.05, 0) is 106 Å². The average molecular weight is 459 g/mol. The molecule has 0 heterocycles. The Morgan fingerprint density at radius 3 is 2.21 bits per heavy atom. The summed E-state index contributed by atoms with van der Waals surface area (Å²) in [6, 6.07) is 0. The van der Waals surface area contributed by atoms with Gasteiger partial charge >= 0.3 is 11.9 Å². The summed E-state index contributed by atoms with van der Waals surface area (Å²) >= 11 is 0. The van der Waals surface area contributed by atoms with E-state index in [-0.39, 0.29) is 12.6 Å². The molecule has 0 aromatic rings. The van der Waals surface area contributed by atoms with Crippen molar-refractivity contribution in [1.29, 1.82) is 0 Å². The van der Waals surface area contributed by atoms with Gasteiger partial charge in [0.05, 0.1) is 11.0 Å². The average Bonchev–Trinajstić information content (AvgIpc) is 3.38. The van der Waals surface area contributed by atoms with Crippen molar-refractivity contribution < 1.29 is 24.2 Å². The Balaban J connectivity index is 1.09. The van der Waals surface area contributed by atoms with Gasteiger partial charge in [0.2, 0.25) is 0 Å². The fourth-order valence-corrected chi connectivity index (χ4v) is 10.8. The Bertz CT molecular complexity index is 822. The third-order valence-electron chi connectivity index (χ3n) is 11.4. The van der Waals surface area contributed by atoms with Crippen LogP contribution in [0, 0.1) is 52.8 Å². The van der Waals surface area contributed by atoms with Crippen molar-refractivity contribution in [3.63, 3.8) is 0 Å². The number of ether oxygens (including phenoxy) is 2. The molecule has 9 unspecified atom stereocenters. The summed E-state index contributed by atoms with van der Waals surface area (Å²) in [5, 5.41) is 10.9. The van der Waals surface area contributed by atoms with Crippen LogP contribution in [0.4, 0.5) is 0 Å². The van der Waals surface area contributed by atoms with Crippen LogP contribution in [0.3, 0.4) is 0 Å². The second-order valence-corrected chi connectivity index (χ2v) is 13.4. The second kappa shape index (κ2) is 7.45. The third kappa shape index (κ3) is 3.34. The van der Waals surface area contributed by atoms with Crippen molar-refractivity contribution in [2.24, 2.45) is 52.8 Å². The number of esters is 2. The molecule has 0 spiro atoms. The minimum atomic E-state index is -0.665. The number of rotatable bonds is 6. The molecule has 7 aliphatic rings. The molecule has 0 aromatic heterocycles. The Labute approximate surface area is 198 Å². The molecular formula is C28H42O5. The molecule has 5 heteroatoms. The minimum absolute atomic E-state index is 0.190. The van der Waals surface area contributed by atoms with Crippen LogP contribution in [0.5, 0.6) is 0 Å². The van der Waals surface area contributed by atoms with Crippen molar-refractivity contribution in [3.05, 3.63) is 0 Å². The highest BCUT2D eigenvalue weighted by atomic mass is 16.6. The van der Waals surface area contributed by atoms with E-state index in [4.69, 9.17) is 9.47 Å². The Kier molecular flexibility index (Phi) is 5.05. The van der Waals surface area contributed by atoms with Crippen molar-refractivity contribution in [3.8, 4) is 0 Å². The van der Waals surface area contributed by atoms with Crippen LogP contribution in [0.25, 0.3) is 0 Å². The highest BCUT2D eigenvalue weighted by Gasteiger charge is 2.66. The predicted octanol–water partition coefficient (Wildman–Crippen LogP) is 4.89. The maximum atomic E-state index is 13.3. The molecule has 7 aliphatic carbocycles. The first-order valence-corrected chi connectivity index (χ1v) is 13.8. The first-order chi connectivity index (χ1) is 15.7. The zero-order chi connectivity index (χ0) is 23.2. The SMILES string of the molecule is CCC1CC(CC)C2C1C1CC2C(C)(C(=O)OCC(=O)OC23CC4CC(CC(O)(C4)C2)C3)C1. The van der Waals surface area contributed by atoms with Crippen LogP contribution in [0.1, 0.15) is 91.4 Å². The highest BCUT2D eigenvalue weighted by Crippen LogP contribution is 2.69. The van der Waals surface area contributed by atoms with Gasteiger partial charge in [-0.3, -0.25) is 4.79 Å². The smallest absolute Gasteiger partial charge is 0.344 e. The van der Waals surface area contributed by atoms with E-state index >= 15 is 0 Å². The predicted molar refractivity (Wildman–Crippen MR) is 123 cm³/mol. The van der Waals surface area contributed by atoms with Crippen molar-refractivity contribution in [2.75, 3.05) is 6.61 Å². The summed E-state index contributed by atoms with van der Waals surface area (Å²) in [5.74, 6) is 4.31. The highest BCUT2D eigenvalue weighted by molar-refractivity contribution is 5.81. The van der Waals surface area contributed by atoms with E-state index in [1.54, 1.807) is 0 Å². The summed E-state index contributed by atoms with van der Waals surface area (Å²) in [6.07, 6.45) is 11.0. The summed E-state index contributed by atoms with van der Waals surface area (Å²) in [7, 11) is 0. The molecule has 7 saturated carbocycles. The normalized spacial score (nSPS) is 53.3. The third-order valence-corrected chi connectivity index (χ3v) is 11.4. The standard InChI is InChI=1S/C28H42O5/c1-4-18-7-19(5-2)24-21-8-20(23(18)24)13-26(21,3)25(30)32-14-22(29)33-28-11-16-6-17(12-28)10-27(31,9-16)15-28/h16-21,23-24,31H,4-15H2,1-3H3. The molecule has 6 bridgehead atoms. The Hall–Kier alpha value is -1.10. The molecule has 0 aromatic carbocycles. The largest absolute Gasteiger partial charge is 0.456 e. The summed E-state index contributed by atoms with van der Waals surface area (Å²) in [4.78, 5) is 26.1. The van der Waals surface area contributed by atoms with Gasteiger partial charge in [0.15, 0.2) is 6.61 Å². The molecule has 5 nitrogen and oxygen atoms in total. The fourth-order valence-electron chi connectivity index (χ4n) is 10.8. The molecule has 7 fully saturated rings. The minimum Gasteiger partial charge on any atom is -0.456 e. The van der Waals surface area contributed by atoms with Crippen molar-refractivity contribution >= 4 is 11.9 Å². The van der Waals surface area contributed by atoms with E-state index in [2.05, 4.69) is 20.8 Å². The number of aliphatic hydroxyl groups is 1. The lowest BCUT2D eigenvalue weighted by molar-refractivity contribution is -0.222. The zero-order valence-corrected chi connectivity index (χ0v) is 20.7. The van der Waals surface area contributed by atoms with Crippen LogP contribution in [0.15, 0.2) is 0 Å². The molecule has 184 valence electrons. The second-order valence-electron chi connectivity index (χ2n) is 13.4. The van der Waals surface area contributed by atoms with Crippen LogP contribution < -0.4 is 0 Å². The van der Waals surface area contributed by atoms with E-state index in [1.807, 2.05) is 0 Å². The summed E-state index contributed by atoms with van der Waals surface area (Å²) in [6.45, 7) is 6.44. The van der Waals surface area contributed by atoms with Crippen LogP contribution in [0.2, 0.25) is 0 Å².